The van der Waals surface area contributed by atoms with Gasteiger partial charge in [-0.25, -0.2) is 4.98 Å². The number of carbonyl (C=O) groups is 1. The Kier molecular flexibility index (Phi) is 3.99. The van der Waals surface area contributed by atoms with E-state index in [1.54, 1.807) is 0 Å². The molecule has 140 valence electrons. The summed E-state index contributed by atoms with van der Waals surface area (Å²) in [5.74, 6) is 2.17. The van der Waals surface area contributed by atoms with Gasteiger partial charge in [-0.2, -0.15) is 4.98 Å². The predicted molar refractivity (Wildman–Crippen MR) is 105 cm³/mol. The standard InChI is InChI=1S/C21H25N5O/c1-13-11-22-21(25-19(13)23-17-6-7-17)24-18-5-4-16-12-26(9-8-15(16)10-18)20(27)14-2-3-14/h4-5,10-11,14,17H,2-3,6-9,12H2,1H3,(H2,22,23,24,25). The van der Waals surface area contributed by atoms with E-state index in [4.69, 9.17) is 0 Å². The third kappa shape index (κ3) is 3.61. The lowest BCUT2D eigenvalue weighted by Gasteiger charge is -2.29. The number of hydrogen-bond acceptors (Lipinski definition) is 5. The minimum Gasteiger partial charge on any atom is -0.367 e. The summed E-state index contributed by atoms with van der Waals surface area (Å²) >= 11 is 0. The fourth-order valence-corrected chi connectivity index (χ4v) is 3.61. The maximum Gasteiger partial charge on any atom is 0.229 e. The van der Waals surface area contributed by atoms with Crippen LogP contribution in [0.2, 0.25) is 0 Å². The van der Waals surface area contributed by atoms with Crippen LogP contribution in [0.5, 0.6) is 0 Å². The summed E-state index contributed by atoms with van der Waals surface area (Å²) in [5.41, 5.74) is 4.63. The second-order valence-electron chi connectivity index (χ2n) is 8.04. The van der Waals surface area contributed by atoms with Crippen molar-refractivity contribution >= 4 is 23.4 Å². The Labute approximate surface area is 159 Å². The van der Waals surface area contributed by atoms with Crippen LogP contribution in [0.3, 0.4) is 0 Å². The molecule has 6 heteroatoms. The molecule has 2 aromatic rings. The van der Waals surface area contributed by atoms with Crippen LogP contribution >= 0.6 is 0 Å². The summed E-state index contributed by atoms with van der Waals surface area (Å²) in [6, 6.07) is 6.92. The van der Waals surface area contributed by atoms with Crippen molar-refractivity contribution in [2.75, 3.05) is 17.2 Å². The molecule has 2 aliphatic carbocycles. The smallest absolute Gasteiger partial charge is 0.229 e. The van der Waals surface area contributed by atoms with E-state index >= 15 is 0 Å². The van der Waals surface area contributed by atoms with Gasteiger partial charge in [0, 0.05) is 42.5 Å². The van der Waals surface area contributed by atoms with Crippen LogP contribution in [0.4, 0.5) is 17.5 Å². The van der Waals surface area contributed by atoms with Gasteiger partial charge in [0.2, 0.25) is 11.9 Å². The molecule has 1 aromatic carbocycles. The van der Waals surface area contributed by atoms with E-state index in [9.17, 15) is 4.79 Å². The van der Waals surface area contributed by atoms with Crippen LogP contribution < -0.4 is 10.6 Å². The number of nitrogens with one attached hydrogen (secondary N) is 2. The molecule has 1 amide bonds. The SMILES string of the molecule is Cc1cnc(Nc2ccc3c(c2)CCN(C(=O)C2CC2)C3)nc1NC1CC1. The van der Waals surface area contributed by atoms with E-state index in [0.717, 1.165) is 49.4 Å². The number of amides is 1. The molecule has 2 heterocycles. The van der Waals surface area contributed by atoms with Gasteiger partial charge < -0.3 is 15.5 Å². The van der Waals surface area contributed by atoms with Crippen molar-refractivity contribution in [2.45, 2.75) is 51.6 Å². The van der Waals surface area contributed by atoms with Gasteiger partial charge in [-0.15, -0.1) is 0 Å². The first-order valence-electron chi connectivity index (χ1n) is 9.93. The summed E-state index contributed by atoms with van der Waals surface area (Å²) in [6.07, 6.45) is 7.35. The minimum absolute atomic E-state index is 0.296. The van der Waals surface area contributed by atoms with Gasteiger partial charge in [0.25, 0.3) is 0 Å². The van der Waals surface area contributed by atoms with E-state index in [1.165, 1.54) is 24.0 Å². The number of aromatic nitrogens is 2. The highest BCUT2D eigenvalue weighted by Gasteiger charge is 2.34. The average Bonchev–Trinajstić information content (AvgIpc) is 3.57. The van der Waals surface area contributed by atoms with Crippen molar-refractivity contribution in [3.63, 3.8) is 0 Å². The first kappa shape index (κ1) is 16.5. The zero-order valence-corrected chi connectivity index (χ0v) is 15.7. The predicted octanol–water partition coefficient (Wildman–Crippen LogP) is 3.40. The Hall–Kier alpha value is -2.63. The van der Waals surface area contributed by atoms with Crippen LogP contribution in [0, 0.1) is 12.8 Å². The molecule has 3 aliphatic rings. The Morgan fingerprint density at radius 3 is 2.81 bits per heavy atom. The number of anilines is 3. The number of carbonyl (C=O) groups excluding carboxylic acids is 1. The van der Waals surface area contributed by atoms with Crippen LogP contribution in [-0.4, -0.2) is 33.4 Å². The van der Waals surface area contributed by atoms with E-state index in [1.807, 2.05) is 18.0 Å². The molecule has 1 aliphatic heterocycles. The quantitative estimate of drug-likeness (QED) is 0.852. The molecule has 5 rings (SSSR count). The Morgan fingerprint density at radius 1 is 1.19 bits per heavy atom. The van der Waals surface area contributed by atoms with E-state index in [2.05, 4.69) is 38.8 Å². The first-order chi connectivity index (χ1) is 13.2. The molecule has 0 bridgehead atoms. The number of fused-ring (bicyclic) bond motifs is 1. The largest absolute Gasteiger partial charge is 0.367 e. The van der Waals surface area contributed by atoms with E-state index < -0.39 is 0 Å². The number of nitrogens with zero attached hydrogens (tertiary/aromatic N) is 3. The van der Waals surface area contributed by atoms with Gasteiger partial charge in [0.1, 0.15) is 5.82 Å². The van der Waals surface area contributed by atoms with Crippen molar-refractivity contribution in [2.24, 2.45) is 5.92 Å². The van der Waals surface area contributed by atoms with E-state index in [-0.39, 0.29) is 0 Å². The molecule has 2 N–H and O–H groups in total. The number of hydrogen-bond donors (Lipinski definition) is 2. The molecule has 6 nitrogen and oxygen atoms in total. The van der Waals surface area contributed by atoms with Gasteiger partial charge in [-0.05, 0) is 62.3 Å². The van der Waals surface area contributed by atoms with Crippen LogP contribution in [0.25, 0.3) is 0 Å². The monoisotopic (exact) mass is 363 g/mol. The van der Waals surface area contributed by atoms with Crippen LogP contribution in [-0.2, 0) is 17.8 Å². The summed E-state index contributed by atoms with van der Waals surface area (Å²) in [4.78, 5) is 23.4. The molecule has 0 radical (unpaired) electrons. The third-order valence-electron chi connectivity index (χ3n) is 5.60. The van der Waals surface area contributed by atoms with Gasteiger partial charge in [-0.3, -0.25) is 4.79 Å². The van der Waals surface area contributed by atoms with E-state index in [0.29, 0.717) is 23.8 Å². The molecule has 0 atom stereocenters. The summed E-state index contributed by atoms with van der Waals surface area (Å²) in [5, 5.41) is 6.80. The maximum atomic E-state index is 12.3. The highest BCUT2D eigenvalue weighted by Crippen LogP contribution is 2.33. The normalized spacial score (nSPS) is 18.8. The number of rotatable bonds is 5. The summed E-state index contributed by atoms with van der Waals surface area (Å²) < 4.78 is 0. The second-order valence-corrected chi connectivity index (χ2v) is 8.04. The molecule has 0 spiro atoms. The Morgan fingerprint density at radius 2 is 2.04 bits per heavy atom. The van der Waals surface area contributed by atoms with Gasteiger partial charge in [0.15, 0.2) is 0 Å². The van der Waals surface area contributed by atoms with Crippen molar-refractivity contribution in [3.8, 4) is 0 Å². The maximum absolute atomic E-state index is 12.3. The molecule has 2 fully saturated rings. The molecular formula is C21H25N5O. The summed E-state index contributed by atoms with van der Waals surface area (Å²) in [7, 11) is 0. The second kappa shape index (κ2) is 6.51. The lowest BCUT2D eigenvalue weighted by molar-refractivity contribution is -0.133. The summed E-state index contributed by atoms with van der Waals surface area (Å²) in [6.45, 7) is 3.59. The zero-order chi connectivity index (χ0) is 18.4. The van der Waals surface area contributed by atoms with Crippen molar-refractivity contribution in [3.05, 3.63) is 41.1 Å². The third-order valence-corrected chi connectivity index (χ3v) is 5.60. The molecule has 0 saturated heterocycles. The molecule has 1 aromatic heterocycles. The van der Waals surface area contributed by atoms with Crippen LogP contribution in [0.1, 0.15) is 42.4 Å². The van der Waals surface area contributed by atoms with Crippen molar-refractivity contribution < 1.29 is 4.79 Å². The van der Waals surface area contributed by atoms with Crippen molar-refractivity contribution in [1.29, 1.82) is 0 Å². The van der Waals surface area contributed by atoms with Gasteiger partial charge in [0.05, 0.1) is 0 Å². The lowest BCUT2D eigenvalue weighted by Crippen LogP contribution is -2.36. The van der Waals surface area contributed by atoms with Gasteiger partial charge >= 0.3 is 0 Å². The fourth-order valence-electron chi connectivity index (χ4n) is 3.61. The Bertz CT molecular complexity index is 888. The van der Waals surface area contributed by atoms with Crippen LogP contribution in [0.15, 0.2) is 24.4 Å². The molecule has 2 saturated carbocycles. The fraction of sp³-hybridized carbons (Fsp3) is 0.476. The Balaban J connectivity index is 1.30. The van der Waals surface area contributed by atoms with Crippen molar-refractivity contribution in [1.82, 2.24) is 14.9 Å². The topological polar surface area (TPSA) is 70.2 Å². The number of aryl methyl sites for hydroxylation is 1. The lowest BCUT2D eigenvalue weighted by atomic mass is 9.98. The minimum atomic E-state index is 0.296. The number of benzene rings is 1. The highest BCUT2D eigenvalue weighted by atomic mass is 16.2. The first-order valence-corrected chi connectivity index (χ1v) is 9.93. The van der Waals surface area contributed by atoms with Gasteiger partial charge in [-0.1, -0.05) is 6.07 Å². The highest BCUT2D eigenvalue weighted by molar-refractivity contribution is 5.81. The zero-order valence-electron chi connectivity index (χ0n) is 15.7. The molecular weight excluding hydrogens is 338 g/mol. The molecule has 0 unspecified atom stereocenters. The molecule has 27 heavy (non-hydrogen) atoms. The average molecular weight is 363 g/mol.